The standard InChI is InChI=1S/C15H20N2O3S/c1-2-9-16-15(18)12-5-7-13(8-6-12)17-14-4-3-10-21(19,20)11-14/h2,5-8,14,17H,1,3-4,9-11H2,(H,16,18). The highest BCUT2D eigenvalue weighted by Crippen LogP contribution is 2.18. The van der Waals surface area contributed by atoms with Crippen molar-refractivity contribution in [2.24, 2.45) is 0 Å². The smallest absolute Gasteiger partial charge is 0.251 e. The number of anilines is 1. The highest BCUT2D eigenvalue weighted by atomic mass is 32.2. The van der Waals surface area contributed by atoms with Crippen molar-refractivity contribution in [2.75, 3.05) is 23.4 Å². The molecular formula is C15H20N2O3S. The van der Waals surface area contributed by atoms with Gasteiger partial charge in [-0.05, 0) is 37.1 Å². The van der Waals surface area contributed by atoms with E-state index in [4.69, 9.17) is 0 Å². The van der Waals surface area contributed by atoms with Gasteiger partial charge in [-0.3, -0.25) is 4.79 Å². The average Bonchev–Trinajstić information content (AvgIpc) is 2.44. The Hall–Kier alpha value is -1.82. The molecule has 0 aromatic heterocycles. The van der Waals surface area contributed by atoms with Gasteiger partial charge in [0.2, 0.25) is 0 Å². The van der Waals surface area contributed by atoms with E-state index in [9.17, 15) is 13.2 Å². The molecule has 1 amide bonds. The number of amides is 1. The number of rotatable bonds is 5. The normalized spacial score (nSPS) is 20.5. The highest BCUT2D eigenvalue weighted by Gasteiger charge is 2.24. The molecular weight excluding hydrogens is 288 g/mol. The second-order valence-electron chi connectivity index (χ2n) is 5.17. The molecule has 0 radical (unpaired) electrons. The minimum Gasteiger partial charge on any atom is -0.381 e. The number of hydrogen-bond acceptors (Lipinski definition) is 4. The van der Waals surface area contributed by atoms with Crippen LogP contribution in [0.5, 0.6) is 0 Å². The molecule has 1 saturated heterocycles. The Balaban J connectivity index is 1.96. The number of nitrogens with one attached hydrogen (secondary N) is 2. The van der Waals surface area contributed by atoms with Crippen LogP contribution in [0.3, 0.4) is 0 Å². The van der Waals surface area contributed by atoms with Gasteiger partial charge in [0, 0.05) is 23.8 Å². The van der Waals surface area contributed by atoms with Crippen LogP contribution >= 0.6 is 0 Å². The third-order valence-electron chi connectivity index (χ3n) is 3.39. The molecule has 1 aliphatic heterocycles. The molecule has 2 N–H and O–H groups in total. The zero-order chi connectivity index (χ0) is 15.3. The molecule has 114 valence electrons. The number of benzene rings is 1. The first-order chi connectivity index (χ1) is 10.00. The van der Waals surface area contributed by atoms with Gasteiger partial charge in [0.15, 0.2) is 9.84 Å². The van der Waals surface area contributed by atoms with Gasteiger partial charge in [-0.15, -0.1) is 6.58 Å². The fraction of sp³-hybridized carbons (Fsp3) is 0.400. The van der Waals surface area contributed by atoms with Gasteiger partial charge in [-0.25, -0.2) is 8.42 Å². The van der Waals surface area contributed by atoms with E-state index in [0.29, 0.717) is 18.5 Å². The molecule has 1 aromatic rings. The van der Waals surface area contributed by atoms with Crippen LogP contribution in [-0.2, 0) is 9.84 Å². The van der Waals surface area contributed by atoms with Crippen LogP contribution in [0.25, 0.3) is 0 Å². The van der Waals surface area contributed by atoms with Gasteiger partial charge >= 0.3 is 0 Å². The van der Waals surface area contributed by atoms with Crippen molar-refractivity contribution >= 4 is 21.4 Å². The summed E-state index contributed by atoms with van der Waals surface area (Å²) in [6, 6.07) is 6.98. The molecule has 1 unspecified atom stereocenters. The van der Waals surface area contributed by atoms with E-state index in [1.54, 1.807) is 30.3 Å². The Labute approximate surface area is 125 Å². The summed E-state index contributed by atoms with van der Waals surface area (Å²) in [6.45, 7) is 3.97. The number of sulfone groups is 1. The first kappa shape index (κ1) is 15.6. The maximum Gasteiger partial charge on any atom is 0.251 e. The average molecular weight is 308 g/mol. The molecule has 5 nitrogen and oxygen atoms in total. The van der Waals surface area contributed by atoms with Gasteiger partial charge in [-0.2, -0.15) is 0 Å². The van der Waals surface area contributed by atoms with Crippen LogP contribution in [0.2, 0.25) is 0 Å². The van der Waals surface area contributed by atoms with E-state index in [1.165, 1.54) is 0 Å². The van der Waals surface area contributed by atoms with Crippen molar-refractivity contribution < 1.29 is 13.2 Å². The van der Waals surface area contributed by atoms with E-state index >= 15 is 0 Å². The van der Waals surface area contributed by atoms with Crippen molar-refractivity contribution in [1.82, 2.24) is 5.32 Å². The molecule has 0 aliphatic carbocycles. The maximum atomic E-state index is 11.7. The SMILES string of the molecule is C=CCNC(=O)c1ccc(NC2CCCS(=O)(=O)C2)cc1. The summed E-state index contributed by atoms with van der Waals surface area (Å²) in [7, 11) is -2.92. The van der Waals surface area contributed by atoms with E-state index in [2.05, 4.69) is 17.2 Å². The quantitative estimate of drug-likeness (QED) is 0.810. The number of carbonyl (C=O) groups is 1. The van der Waals surface area contributed by atoms with E-state index in [0.717, 1.165) is 12.1 Å². The summed E-state index contributed by atoms with van der Waals surface area (Å²) in [5, 5.41) is 5.92. The van der Waals surface area contributed by atoms with Crippen LogP contribution in [0, 0.1) is 0 Å². The van der Waals surface area contributed by atoms with Gasteiger partial charge in [-0.1, -0.05) is 6.08 Å². The first-order valence-corrected chi connectivity index (χ1v) is 8.78. The van der Waals surface area contributed by atoms with Crippen molar-refractivity contribution in [3.8, 4) is 0 Å². The molecule has 1 atom stereocenters. The van der Waals surface area contributed by atoms with Crippen LogP contribution < -0.4 is 10.6 Å². The molecule has 0 saturated carbocycles. The second kappa shape index (κ2) is 6.76. The minimum atomic E-state index is -2.92. The van der Waals surface area contributed by atoms with Gasteiger partial charge in [0.1, 0.15) is 0 Å². The minimum absolute atomic E-state index is 0.0517. The predicted octanol–water partition coefficient (Wildman–Crippen LogP) is 1.59. The highest BCUT2D eigenvalue weighted by molar-refractivity contribution is 7.91. The molecule has 1 aromatic carbocycles. The molecule has 1 aliphatic rings. The summed E-state index contributed by atoms with van der Waals surface area (Å²) < 4.78 is 23.2. The Morgan fingerprint density at radius 2 is 2.05 bits per heavy atom. The molecule has 21 heavy (non-hydrogen) atoms. The zero-order valence-electron chi connectivity index (χ0n) is 11.8. The lowest BCUT2D eigenvalue weighted by Gasteiger charge is -2.24. The lowest BCUT2D eigenvalue weighted by atomic mass is 10.1. The summed E-state index contributed by atoms with van der Waals surface area (Å²) in [6.07, 6.45) is 3.17. The fourth-order valence-electron chi connectivity index (χ4n) is 2.36. The Bertz CT molecular complexity index is 608. The van der Waals surface area contributed by atoms with Gasteiger partial charge in [0.25, 0.3) is 5.91 Å². The first-order valence-electron chi connectivity index (χ1n) is 6.96. The zero-order valence-corrected chi connectivity index (χ0v) is 12.7. The van der Waals surface area contributed by atoms with E-state index in [1.807, 2.05) is 0 Å². The molecule has 1 heterocycles. The monoisotopic (exact) mass is 308 g/mol. The second-order valence-corrected chi connectivity index (χ2v) is 7.40. The van der Waals surface area contributed by atoms with Crippen LogP contribution in [0.15, 0.2) is 36.9 Å². The summed E-state index contributed by atoms with van der Waals surface area (Å²) in [5.41, 5.74) is 1.40. The largest absolute Gasteiger partial charge is 0.381 e. The molecule has 0 spiro atoms. The lowest BCUT2D eigenvalue weighted by Crippen LogP contribution is -2.34. The molecule has 0 bridgehead atoms. The fourth-order valence-corrected chi connectivity index (χ4v) is 3.99. The maximum absolute atomic E-state index is 11.7. The Morgan fingerprint density at radius 3 is 2.67 bits per heavy atom. The van der Waals surface area contributed by atoms with Gasteiger partial charge < -0.3 is 10.6 Å². The van der Waals surface area contributed by atoms with E-state index < -0.39 is 9.84 Å². The number of hydrogen-bond donors (Lipinski definition) is 2. The summed E-state index contributed by atoms with van der Waals surface area (Å²) >= 11 is 0. The van der Waals surface area contributed by atoms with Crippen molar-refractivity contribution in [3.05, 3.63) is 42.5 Å². The Morgan fingerprint density at radius 1 is 1.33 bits per heavy atom. The summed E-state index contributed by atoms with van der Waals surface area (Å²) in [5.74, 6) is 0.309. The predicted molar refractivity (Wildman–Crippen MR) is 84.3 cm³/mol. The topological polar surface area (TPSA) is 75.3 Å². The van der Waals surface area contributed by atoms with Crippen LogP contribution in [0.4, 0.5) is 5.69 Å². The third-order valence-corrected chi connectivity index (χ3v) is 5.21. The summed E-state index contributed by atoms with van der Waals surface area (Å²) in [4.78, 5) is 11.7. The van der Waals surface area contributed by atoms with Crippen molar-refractivity contribution in [3.63, 3.8) is 0 Å². The lowest BCUT2D eigenvalue weighted by molar-refractivity contribution is 0.0958. The third kappa shape index (κ3) is 4.60. The van der Waals surface area contributed by atoms with Gasteiger partial charge in [0.05, 0.1) is 11.5 Å². The molecule has 1 fully saturated rings. The van der Waals surface area contributed by atoms with Crippen molar-refractivity contribution in [2.45, 2.75) is 18.9 Å². The van der Waals surface area contributed by atoms with Crippen LogP contribution in [-0.4, -0.2) is 38.4 Å². The molecule has 2 rings (SSSR count). The van der Waals surface area contributed by atoms with E-state index in [-0.39, 0.29) is 23.5 Å². The van der Waals surface area contributed by atoms with Crippen LogP contribution in [0.1, 0.15) is 23.2 Å². The van der Waals surface area contributed by atoms with Crippen molar-refractivity contribution in [1.29, 1.82) is 0 Å². The molecule has 6 heteroatoms. The Kier molecular flexibility index (Phi) is 5.01. The number of carbonyl (C=O) groups excluding carboxylic acids is 1.